The quantitative estimate of drug-likeness (QED) is 0.329. The average Bonchev–Trinajstić information content (AvgIpc) is 2.42. The summed E-state index contributed by atoms with van der Waals surface area (Å²) in [7, 11) is -4.39. The molecule has 0 bridgehead atoms. The van der Waals surface area contributed by atoms with Crippen molar-refractivity contribution in [1.82, 2.24) is 0 Å². The minimum absolute atomic E-state index is 0. The second-order valence-electron chi connectivity index (χ2n) is 5.02. The normalized spacial score (nSPS) is 12.1. The van der Waals surface area contributed by atoms with Crippen molar-refractivity contribution < 1.29 is 13.0 Å². The van der Waals surface area contributed by atoms with Gasteiger partial charge in [-0.15, -0.1) is 0 Å². The van der Waals surface area contributed by atoms with Gasteiger partial charge in [-0.25, -0.2) is 0 Å². The van der Waals surface area contributed by atoms with Crippen molar-refractivity contribution in [1.29, 1.82) is 0 Å². The van der Waals surface area contributed by atoms with Crippen LogP contribution in [0.3, 0.4) is 0 Å². The van der Waals surface area contributed by atoms with Crippen LogP contribution >= 0.6 is 11.6 Å². The number of benzene rings is 4. The van der Waals surface area contributed by atoms with Crippen molar-refractivity contribution in [3.05, 3.63) is 53.6 Å². The summed E-state index contributed by atoms with van der Waals surface area (Å²) in [6.45, 7) is 0. The van der Waals surface area contributed by atoms with Crippen molar-refractivity contribution >= 4 is 72.9 Å². The molecule has 0 radical (unpaired) electrons. The summed E-state index contributed by atoms with van der Waals surface area (Å²) in [4.78, 5) is -0.227. The molecule has 3 nitrogen and oxygen atoms in total. The first kappa shape index (κ1) is 15.6. The molecule has 0 aliphatic rings. The number of rotatable bonds is 1. The fraction of sp³-hybridized carbons (Fsp3) is 0. The molecule has 0 heterocycles. The van der Waals surface area contributed by atoms with Gasteiger partial charge in [-0.2, -0.15) is 8.42 Å². The molecule has 0 saturated heterocycles. The fourth-order valence-corrected chi connectivity index (χ4v) is 4.28. The maximum atomic E-state index is 11.7. The molecule has 0 aromatic heterocycles. The van der Waals surface area contributed by atoms with E-state index in [1.54, 1.807) is 12.1 Å². The first-order chi connectivity index (χ1) is 9.97. The third kappa shape index (κ3) is 2.11. The maximum absolute atomic E-state index is 11.7. The second kappa shape index (κ2) is 5.12. The Balaban J connectivity index is 0.00000144. The van der Waals surface area contributed by atoms with Crippen LogP contribution in [0.2, 0.25) is 5.02 Å². The van der Waals surface area contributed by atoms with E-state index in [9.17, 15) is 13.0 Å². The van der Waals surface area contributed by atoms with Crippen molar-refractivity contribution in [3.63, 3.8) is 0 Å². The van der Waals surface area contributed by atoms with Crippen LogP contribution in [0.5, 0.6) is 0 Å². The van der Waals surface area contributed by atoms with E-state index in [4.69, 9.17) is 11.6 Å². The molecule has 0 spiro atoms. The van der Waals surface area contributed by atoms with Crippen LogP contribution < -0.4 is 0 Å². The topological polar surface area (TPSA) is 54.4 Å². The monoisotopic (exact) mass is 324 g/mol. The number of hydrogen-bond acceptors (Lipinski definition) is 2. The predicted octanol–water partition coefficient (Wildman–Crippen LogP) is 3.84. The van der Waals surface area contributed by atoms with E-state index in [1.165, 1.54) is 0 Å². The molecule has 106 valence electrons. The van der Waals surface area contributed by atoms with E-state index in [2.05, 4.69) is 0 Å². The zero-order chi connectivity index (χ0) is 14.8. The molecule has 0 atom stereocenters. The molecule has 1 N–H and O–H groups in total. The van der Waals surface area contributed by atoms with Gasteiger partial charge in [-0.3, -0.25) is 4.55 Å². The molecule has 4 aromatic carbocycles. The zero-order valence-corrected chi connectivity index (χ0v) is 12.2. The van der Waals surface area contributed by atoms with Gasteiger partial charge in [0.15, 0.2) is 0 Å². The summed E-state index contributed by atoms with van der Waals surface area (Å²) >= 11 is 6.07. The van der Waals surface area contributed by atoms with Gasteiger partial charge < -0.3 is 0 Å². The molecule has 0 saturated carbocycles. The third-order valence-corrected chi connectivity index (χ3v) is 5.18. The number of hydrogen-bond donors (Lipinski definition) is 1. The molecule has 0 aliphatic carbocycles. The Morgan fingerprint density at radius 1 is 0.864 bits per heavy atom. The van der Waals surface area contributed by atoms with Crippen LogP contribution in [-0.2, 0) is 10.1 Å². The third-order valence-electron chi connectivity index (χ3n) is 3.81. The van der Waals surface area contributed by atoms with E-state index >= 15 is 0 Å². The minimum atomic E-state index is -4.39. The van der Waals surface area contributed by atoms with Gasteiger partial charge in [0, 0.05) is 5.39 Å². The Labute approximate surface area is 144 Å². The standard InChI is InChI=1S/C16H9ClO3S.Li.H/c17-13-8-11-5-4-9-2-1-3-10-6-7-12(15(11)14(9)10)16(13)21(18,19)20;;/h1-8H,(H,18,19,20);;. The second-order valence-corrected chi connectivity index (χ2v) is 6.78. The molecule has 22 heavy (non-hydrogen) atoms. The molecule has 0 fully saturated rings. The Hall–Kier alpha value is -1.28. The van der Waals surface area contributed by atoms with Gasteiger partial charge in [-0.05, 0) is 33.0 Å². The van der Waals surface area contributed by atoms with Gasteiger partial charge in [0.25, 0.3) is 10.1 Å². The van der Waals surface area contributed by atoms with E-state index in [-0.39, 0.29) is 28.8 Å². The van der Waals surface area contributed by atoms with Crippen LogP contribution in [0, 0.1) is 0 Å². The summed E-state index contributed by atoms with van der Waals surface area (Å²) in [6, 6.07) is 14.9. The molecular weight excluding hydrogens is 315 g/mol. The summed E-state index contributed by atoms with van der Waals surface area (Å²) in [5, 5.41) is 5.17. The van der Waals surface area contributed by atoms with Crippen LogP contribution in [-0.4, -0.2) is 31.8 Å². The molecule has 0 aliphatic heterocycles. The summed E-state index contributed by atoms with van der Waals surface area (Å²) in [6.07, 6.45) is 0. The van der Waals surface area contributed by atoms with Gasteiger partial charge >= 0.3 is 18.9 Å². The van der Waals surface area contributed by atoms with Crippen molar-refractivity contribution in [2.24, 2.45) is 0 Å². The zero-order valence-electron chi connectivity index (χ0n) is 10.7. The van der Waals surface area contributed by atoms with Gasteiger partial charge in [0.05, 0.1) is 5.02 Å². The first-order valence-corrected chi connectivity index (χ1v) is 8.12. The van der Waals surface area contributed by atoms with Gasteiger partial charge in [-0.1, -0.05) is 54.1 Å². The van der Waals surface area contributed by atoms with Crippen LogP contribution in [0.4, 0.5) is 0 Å². The molecule has 0 amide bonds. The summed E-state index contributed by atoms with van der Waals surface area (Å²) < 4.78 is 32.8. The Morgan fingerprint density at radius 2 is 1.45 bits per heavy atom. The van der Waals surface area contributed by atoms with Gasteiger partial charge in [0.1, 0.15) is 4.90 Å². The SMILES string of the molecule is O=S(=O)(O)c1c(Cl)cc2ccc3cccc4ccc1c2c34.[LiH]. The Morgan fingerprint density at radius 3 is 2.09 bits per heavy atom. The van der Waals surface area contributed by atoms with Crippen LogP contribution in [0.1, 0.15) is 0 Å². The number of halogens is 1. The molecular formula is C16H10ClLiO3S. The van der Waals surface area contributed by atoms with E-state index in [0.29, 0.717) is 5.39 Å². The molecule has 6 heteroatoms. The van der Waals surface area contributed by atoms with Gasteiger partial charge in [0.2, 0.25) is 0 Å². The van der Waals surface area contributed by atoms with E-state index in [0.717, 1.165) is 26.9 Å². The summed E-state index contributed by atoms with van der Waals surface area (Å²) in [5.74, 6) is 0. The van der Waals surface area contributed by atoms with Crippen LogP contribution in [0.25, 0.3) is 32.3 Å². The Kier molecular flexibility index (Phi) is 3.63. The van der Waals surface area contributed by atoms with Crippen molar-refractivity contribution in [3.8, 4) is 0 Å². The Bertz CT molecular complexity index is 1110. The molecule has 4 rings (SSSR count). The predicted molar refractivity (Wildman–Crippen MR) is 92.1 cm³/mol. The van der Waals surface area contributed by atoms with E-state index < -0.39 is 10.1 Å². The summed E-state index contributed by atoms with van der Waals surface area (Å²) in [5.41, 5.74) is 0. The van der Waals surface area contributed by atoms with Crippen LogP contribution in [0.15, 0.2) is 53.4 Å². The molecule has 0 unspecified atom stereocenters. The first-order valence-electron chi connectivity index (χ1n) is 6.30. The molecule has 4 aromatic rings. The average molecular weight is 325 g/mol. The fourth-order valence-electron chi connectivity index (χ4n) is 3.01. The van der Waals surface area contributed by atoms with Crippen molar-refractivity contribution in [2.45, 2.75) is 4.90 Å². The van der Waals surface area contributed by atoms with Crippen molar-refractivity contribution in [2.75, 3.05) is 0 Å². The van der Waals surface area contributed by atoms with E-state index in [1.807, 2.05) is 36.4 Å².